The summed E-state index contributed by atoms with van der Waals surface area (Å²) in [6.45, 7) is 1.80. The normalized spacial score (nSPS) is 13.8. The number of carbonyl (C=O) groups is 1. The Hall–Kier alpha value is -0.400. The fraction of sp³-hybridized carbons (Fsp3) is 0.857. The summed E-state index contributed by atoms with van der Waals surface area (Å²) in [7, 11) is 0. The molecule has 14 heavy (non-hydrogen) atoms. The molecule has 0 bridgehead atoms. The summed E-state index contributed by atoms with van der Waals surface area (Å²) in [5.74, 6) is -0.318. The number of halogens is 2. The number of hydrogen-bond donors (Lipinski definition) is 3. The van der Waals surface area contributed by atoms with Crippen LogP contribution >= 0.6 is 11.8 Å². The molecule has 0 saturated heterocycles. The van der Waals surface area contributed by atoms with Crippen LogP contribution in [0.1, 0.15) is 13.3 Å². The number of rotatable bonds is 6. The molecule has 0 aliphatic rings. The first-order chi connectivity index (χ1) is 6.40. The van der Waals surface area contributed by atoms with Gasteiger partial charge in [-0.2, -0.15) is 20.5 Å². The van der Waals surface area contributed by atoms with Gasteiger partial charge in [-0.25, -0.2) is 5.84 Å². The van der Waals surface area contributed by atoms with Gasteiger partial charge in [-0.1, -0.05) is 0 Å². The lowest BCUT2D eigenvalue weighted by molar-refractivity contribution is -0.142. The molecule has 0 radical (unpaired) electrons. The second-order valence-corrected chi connectivity index (χ2v) is 4.10. The predicted molar refractivity (Wildman–Crippen MR) is 52.9 cm³/mol. The molecule has 0 aliphatic heterocycles. The number of hydrazine groups is 1. The molecule has 0 heterocycles. The minimum Gasteiger partial charge on any atom is -0.328 e. The number of alkyl halides is 2. The summed E-state index contributed by atoms with van der Waals surface area (Å²) in [6.07, 6.45) is 0.644. The quantitative estimate of drug-likeness (QED) is 0.260. The lowest BCUT2D eigenvalue weighted by Gasteiger charge is -2.13. The fourth-order valence-electron chi connectivity index (χ4n) is 0.641. The topological polar surface area (TPSA) is 81.1 Å². The maximum absolute atomic E-state index is 12.8. The molecule has 0 aliphatic carbocycles. The highest BCUT2D eigenvalue weighted by molar-refractivity contribution is 7.99. The zero-order chi connectivity index (χ0) is 11.2. The summed E-state index contributed by atoms with van der Waals surface area (Å²) < 4.78 is 25.6. The fourth-order valence-corrected chi connectivity index (χ4v) is 1.71. The minimum absolute atomic E-state index is 0.0144. The molecule has 1 unspecified atom stereocenters. The number of hydrogen-bond acceptors (Lipinski definition) is 4. The molecule has 1 amide bonds. The van der Waals surface area contributed by atoms with Gasteiger partial charge < -0.3 is 5.73 Å². The van der Waals surface area contributed by atoms with Crippen LogP contribution in [-0.2, 0) is 4.79 Å². The third kappa shape index (κ3) is 5.36. The number of nitrogens with one attached hydrogen (secondary N) is 1. The van der Waals surface area contributed by atoms with E-state index in [-0.39, 0.29) is 6.04 Å². The van der Waals surface area contributed by atoms with Gasteiger partial charge in [-0.05, 0) is 19.1 Å². The van der Waals surface area contributed by atoms with Crippen LogP contribution in [0.25, 0.3) is 0 Å². The Morgan fingerprint density at radius 3 is 2.64 bits per heavy atom. The van der Waals surface area contributed by atoms with Gasteiger partial charge in [0, 0.05) is 6.04 Å². The molecule has 0 aromatic carbocycles. The molecular weight excluding hydrogens is 212 g/mol. The highest BCUT2D eigenvalue weighted by Crippen LogP contribution is 2.20. The molecule has 0 rings (SSSR count). The van der Waals surface area contributed by atoms with E-state index >= 15 is 0 Å². The zero-order valence-electron chi connectivity index (χ0n) is 7.93. The largest absolute Gasteiger partial charge is 0.334 e. The highest BCUT2D eigenvalue weighted by Gasteiger charge is 2.37. The van der Waals surface area contributed by atoms with Crippen molar-refractivity contribution < 1.29 is 13.6 Å². The summed E-state index contributed by atoms with van der Waals surface area (Å²) in [5.41, 5.74) is 6.86. The van der Waals surface area contributed by atoms with Crippen molar-refractivity contribution in [3.05, 3.63) is 0 Å². The van der Waals surface area contributed by atoms with Crippen molar-refractivity contribution in [1.82, 2.24) is 5.43 Å². The maximum Gasteiger partial charge on any atom is 0.334 e. The number of carbonyl (C=O) groups excluding carboxylic acids is 1. The van der Waals surface area contributed by atoms with Crippen LogP contribution < -0.4 is 17.0 Å². The van der Waals surface area contributed by atoms with Gasteiger partial charge in [0.05, 0.1) is 5.75 Å². The first-order valence-electron chi connectivity index (χ1n) is 4.12. The molecule has 0 aromatic rings. The van der Waals surface area contributed by atoms with Crippen molar-refractivity contribution in [2.24, 2.45) is 11.6 Å². The van der Waals surface area contributed by atoms with Gasteiger partial charge in [0.25, 0.3) is 0 Å². The summed E-state index contributed by atoms with van der Waals surface area (Å²) in [4.78, 5) is 10.5. The first kappa shape index (κ1) is 13.6. The Kier molecular flexibility index (Phi) is 5.98. The molecule has 1 atom stereocenters. The van der Waals surface area contributed by atoms with Gasteiger partial charge >= 0.3 is 11.8 Å². The molecular formula is C7H15F2N3OS. The standard InChI is InChI=1S/C7H15F2N3OS/c1-5(10)2-3-14-4-7(8,9)6(13)12-11/h5H,2-4,10-11H2,1H3,(H,12,13). The van der Waals surface area contributed by atoms with E-state index in [9.17, 15) is 13.6 Å². The van der Waals surface area contributed by atoms with Gasteiger partial charge in [0.15, 0.2) is 0 Å². The molecule has 5 N–H and O–H groups in total. The number of thioether (sulfide) groups is 1. The van der Waals surface area contributed by atoms with Crippen LogP contribution in [0, 0.1) is 0 Å². The van der Waals surface area contributed by atoms with Gasteiger partial charge in [0.1, 0.15) is 0 Å². The Morgan fingerprint density at radius 2 is 2.21 bits per heavy atom. The van der Waals surface area contributed by atoms with Crippen molar-refractivity contribution in [1.29, 1.82) is 0 Å². The monoisotopic (exact) mass is 227 g/mol. The van der Waals surface area contributed by atoms with E-state index in [1.165, 1.54) is 5.43 Å². The van der Waals surface area contributed by atoms with Crippen LogP contribution in [0.5, 0.6) is 0 Å². The smallest absolute Gasteiger partial charge is 0.328 e. The van der Waals surface area contributed by atoms with E-state index in [1.54, 1.807) is 6.92 Å². The van der Waals surface area contributed by atoms with Crippen molar-refractivity contribution in [3.8, 4) is 0 Å². The van der Waals surface area contributed by atoms with E-state index in [1.807, 2.05) is 0 Å². The van der Waals surface area contributed by atoms with Crippen LogP contribution in [-0.4, -0.2) is 29.4 Å². The van der Waals surface area contributed by atoms with Crippen molar-refractivity contribution in [2.45, 2.75) is 25.3 Å². The molecule has 84 valence electrons. The van der Waals surface area contributed by atoms with E-state index in [2.05, 4.69) is 5.84 Å². The minimum atomic E-state index is -3.41. The molecule has 0 fully saturated rings. The molecule has 4 nitrogen and oxygen atoms in total. The summed E-state index contributed by atoms with van der Waals surface area (Å²) >= 11 is 0.986. The Morgan fingerprint density at radius 1 is 1.64 bits per heavy atom. The van der Waals surface area contributed by atoms with Crippen molar-refractivity contribution >= 4 is 17.7 Å². The van der Waals surface area contributed by atoms with Gasteiger partial charge in [-0.3, -0.25) is 10.2 Å². The molecule has 0 aromatic heterocycles. The lowest BCUT2D eigenvalue weighted by atomic mass is 10.3. The average molecular weight is 227 g/mol. The van der Waals surface area contributed by atoms with Gasteiger partial charge in [0.2, 0.25) is 0 Å². The first-order valence-corrected chi connectivity index (χ1v) is 5.28. The summed E-state index contributed by atoms with van der Waals surface area (Å²) in [5, 5.41) is 0. The van der Waals surface area contributed by atoms with Crippen molar-refractivity contribution in [3.63, 3.8) is 0 Å². The number of nitrogens with two attached hydrogens (primary N) is 2. The summed E-state index contributed by atoms with van der Waals surface area (Å²) in [6, 6.07) is -0.0144. The van der Waals surface area contributed by atoms with Crippen molar-refractivity contribution in [2.75, 3.05) is 11.5 Å². The third-order valence-electron chi connectivity index (χ3n) is 1.46. The SMILES string of the molecule is CC(N)CCSCC(F)(F)C(=O)NN. The van der Waals surface area contributed by atoms with E-state index < -0.39 is 17.6 Å². The van der Waals surface area contributed by atoms with Crippen LogP contribution in [0.15, 0.2) is 0 Å². The highest BCUT2D eigenvalue weighted by atomic mass is 32.2. The van der Waals surface area contributed by atoms with E-state index in [0.717, 1.165) is 11.8 Å². The molecule has 0 spiro atoms. The Labute approximate surface area is 85.7 Å². The van der Waals surface area contributed by atoms with Crippen LogP contribution in [0.4, 0.5) is 8.78 Å². The number of amides is 1. The molecule has 0 saturated carbocycles. The van der Waals surface area contributed by atoms with E-state index in [0.29, 0.717) is 12.2 Å². The van der Waals surface area contributed by atoms with Crippen LogP contribution in [0.3, 0.4) is 0 Å². The lowest BCUT2D eigenvalue weighted by Crippen LogP contribution is -2.45. The Bertz CT molecular complexity index is 190. The predicted octanol–water partition coefficient (Wildman–Crippen LogP) is 0.0821. The molecule has 7 heteroatoms. The second kappa shape index (κ2) is 6.15. The van der Waals surface area contributed by atoms with Gasteiger partial charge in [-0.15, -0.1) is 0 Å². The second-order valence-electron chi connectivity index (χ2n) is 3.00. The average Bonchev–Trinajstić information content (AvgIpc) is 2.10. The zero-order valence-corrected chi connectivity index (χ0v) is 8.74. The maximum atomic E-state index is 12.8. The Balaban J connectivity index is 3.71. The van der Waals surface area contributed by atoms with Crippen LogP contribution in [0.2, 0.25) is 0 Å². The third-order valence-corrected chi connectivity index (χ3v) is 2.56. The van der Waals surface area contributed by atoms with E-state index in [4.69, 9.17) is 5.73 Å².